The molecule has 0 spiro atoms. The summed E-state index contributed by atoms with van der Waals surface area (Å²) in [5.74, 6) is 0. The lowest BCUT2D eigenvalue weighted by molar-refractivity contribution is 0.0737. The van der Waals surface area contributed by atoms with Crippen LogP contribution in [-0.4, -0.2) is 39.0 Å². The second kappa shape index (κ2) is 6.56. The molecular formula is C14H24N2O3S. The molecule has 0 unspecified atom stereocenters. The van der Waals surface area contributed by atoms with E-state index in [2.05, 4.69) is 0 Å². The van der Waals surface area contributed by atoms with Crippen LogP contribution in [-0.2, 0) is 14.8 Å². The van der Waals surface area contributed by atoms with Crippen LogP contribution in [0.25, 0.3) is 0 Å². The number of anilines is 1. The Morgan fingerprint density at radius 3 is 2.45 bits per heavy atom. The van der Waals surface area contributed by atoms with E-state index in [1.165, 1.54) is 4.31 Å². The van der Waals surface area contributed by atoms with Crippen molar-refractivity contribution in [3.8, 4) is 0 Å². The van der Waals surface area contributed by atoms with Gasteiger partial charge in [-0.05, 0) is 51.0 Å². The van der Waals surface area contributed by atoms with E-state index in [4.69, 9.17) is 10.5 Å². The first-order valence-electron chi connectivity index (χ1n) is 6.61. The van der Waals surface area contributed by atoms with E-state index in [0.717, 1.165) is 5.56 Å². The molecule has 0 fully saturated rings. The summed E-state index contributed by atoms with van der Waals surface area (Å²) < 4.78 is 31.8. The fraction of sp³-hybridized carbons (Fsp3) is 0.571. The third kappa shape index (κ3) is 3.94. The van der Waals surface area contributed by atoms with Gasteiger partial charge in [0.05, 0.1) is 17.6 Å². The number of hydrogen-bond donors (Lipinski definition) is 1. The van der Waals surface area contributed by atoms with Crippen molar-refractivity contribution in [1.29, 1.82) is 0 Å². The molecule has 114 valence electrons. The number of aryl methyl sites for hydroxylation is 1. The lowest BCUT2D eigenvalue weighted by Gasteiger charge is -2.20. The molecule has 5 nitrogen and oxygen atoms in total. The first-order valence-corrected chi connectivity index (χ1v) is 8.05. The Labute approximate surface area is 121 Å². The second-order valence-electron chi connectivity index (χ2n) is 5.22. The monoisotopic (exact) mass is 300 g/mol. The normalized spacial score (nSPS) is 12.3. The summed E-state index contributed by atoms with van der Waals surface area (Å²) in [6.45, 7) is 8.07. The van der Waals surface area contributed by atoms with E-state index in [0.29, 0.717) is 24.4 Å². The number of nitrogens with zero attached hydrogens (tertiary/aromatic N) is 1. The Morgan fingerprint density at radius 1 is 1.30 bits per heavy atom. The molecule has 0 heterocycles. The molecule has 0 atom stereocenters. The molecule has 0 saturated heterocycles. The van der Waals surface area contributed by atoms with Crippen molar-refractivity contribution in [1.82, 2.24) is 4.31 Å². The molecule has 1 aromatic rings. The van der Waals surface area contributed by atoms with Gasteiger partial charge in [0, 0.05) is 19.3 Å². The lowest BCUT2D eigenvalue weighted by atomic mass is 10.1. The SMILES string of the molecule is Cc1cc(N)c(C)c(S(=O)(=O)N(C)CCOC(C)C)c1. The van der Waals surface area contributed by atoms with Gasteiger partial charge in [-0.15, -0.1) is 0 Å². The van der Waals surface area contributed by atoms with Gasteiger partial charge in [-0.1, -0.05) is 0 Å². The van der Waals surface area contributed by atoms with Gasteiger partial charge >= 0.3 is 0 Å². The highest BCUT2D eigenvalue weighted by Gasteiger charge is 2.23. The zero-order valence-electron chi connectivity index (χ0n) is 12.8. The number of nitrogen functional groups attached to an aromatic ring is 1. The summed E-state index contributed by atoms with van der Waals surface area (Å²) in [5, 5.41) is 0. The van der Waals surface area contributed by atoms with E-state index in [1.54, 1.807) is 26.1 Å². The Kier molecular flexibility index (Phi) is 5.56. The molecule has 0 radical (unpaired) electrons. The predicted octanol–water partition coefficient (Wildman–Crippen LogP) is 1.93. The highest BCUT2D eigenvalue weighted by atomic mass is 32.2. The third-order valence-corrected chi connectivity index (χ3v) is 5.07. The average molecular weight is 300 g/mol. The summed E-state index contributed by atoms with van der Waals surface area (Å²) in [4.78, 5) is 0.266. The van der Waals surface area contributed by atoms with Crippen molar-refractivity contribution in [3.05, 3.63) is 23.3 Å². The number of hydrogen-bond acceptors (Lipinski definition) is 4. The van der Waals surface area contributed by atoms with Crippen LogP contribution in [0.3, 0.4) is 0 Å². The van der Waals surface area contributed by atoms with Gasteiger partial charge in [-0.25, -0.2) is 8.42 Å². The Hall–Kier alpha value is -1.11. The lowest BCUT2D eigenvalue weighted by Crippen LogP contribution is -2.31. The quantitative estimate of drug-likeness (QED) is 0.815. The fourth-order valence-corrected chi connectivity index (χ4v) is 3.32. The maximum Gasteiger partial charge on any atom is 0.243 e. The molecule has 1 rings (SSSR count). The summed E-state index contributed by atoms with van der Waals surface area (Å²) in [6.07, 6.45) is 0.0856. The molecule has 0 aliphatic heterocycles. The largest absolute Gasteiger partial charge is 0.398 e. The summed E-state index contributed by atoms with van der Waals surface area (Å²) in [6, 6.07) is 3.43. The van der Waals surface area contributed by atoms with Crippen LogP contribution in [0.4, 0.5) is 5.69 Å². The van der Waals surface area contributed by atoms with E-state index < -0.39 is 10.0 Å². The first kappa shape index (κ1) is 16.9. The van der Waals surface area contributed by atoms with Gasteiger partial charge in [-0.2, -0.15) is 4.31 Å². The minimum atomic E-state index is -3.54. The molecule has 1 aromatic carbocycles. The predicted molar refractivity (Wildman–Crippen MR) is 81.2 cm³/mol. The smallest absolute Gasteiger partial charge is 0.243 e. The minimum Gasteiger partial charge on any atom is -0.398 e. The number of benzene rings is 1. The van der Waals surface area contributed by atoms with Crippen LogP contribution >= 0.6 is 0 Å². The topological polar surface area (TPSA) is 72.6 Å². The van der Waals surface area contributed by atoms with Gasteiger partial charge in [0.1, 0.15) is 0 Å². The highest BCUT2D eigenvalue weighted by Crippen LogP contribution is 2.25. The molecule has 0 amide bonds. The van der Waals surface area contributed by atoms with Crippen LogP contribution in [0.15, 0.2) is 17.0 Å². The summed E-state index contributed by atoms with van der Waals surface area (Å²) in [5.41, 5.74) is 7.77. The summed E-state index contributed by atoms with van der Waals surface area (Å²) in [7, 11) is -1.99. The average Bonchev–Trinajstić information content (AvgIpc) is 2.32. The highest BCUT2D eigenvalue weighted by molar-refractivity contribution is 7.89. The van der Waals surface area contributed by atoms with E-state index in [-0.39, 0.29) is 11.0 Å². The number of rotatable bonds is 6. The maximum atomic E-state index is 12.5. The van der Waals surface area contributed by atoms with Crippen molar-refractivity contribution >= 4 is 15.7 Å². The number of nitrogens with two attached hydrogens (primary N) is 1. The fourth-order valence-electron chi connectivity index (χ4n) is 1.83. The molecule has 2 N–H and O–H groups in total. The van der Waals surface area contributed by atoms with Gasteiger partial charge in [0.25, 0.3) is 0 Å². The van der Waals surface area contributed by atoms with E-state index in [1.807, 2.05) is 20.8 Å². The molecule has 6 heteroatoms. The van der Waals surface area contributed by atoms with E-state index in [9.17, 15) is 8.42 Å². The molecule has 0 bridgehead atoms. The second-order valence-corrected chi connectivity index (χ2v) is 7.24. The molecule has 0 aliphatic rings. The molecule has 0 aromatic heterocycles. The van der Waals surface area contributed by atoms with E-state index >= 15 is 0 Å². The van der Waals surface area contributed by atoms with Crippen LogP contribution in [0, 0.1) is 13.8 Å². The van der Waals surface area contributed by atoms with Gasteiger partial charge in [0.2, 0.25) is 10.0 Å². The third-order valence-electron chi connectivity index (χ3n) is 3.09. The van der Waals surface area contributed by atoms with Crippen molar-refractivity contribution in [2.45, 2.75) is 38.7 Å². The van der Waals surface area contributed by atoms with Crippen LogP contribution < -0.4 is 5.73 Å². The number of likely N-dealkylation sites (N-methyl/N-ethyl adjacent to an activating group) is 1. The molecule has 20 heavy (non-hydrogen) atoms. The Bertz CT molecular complexity index is 568. The van der Waals surface area contributed by atoms with Crippen molar-refractivity contribution in [2.75, 3.05) is 25.9 Å². The van der Waals surface area contributed by atoms with Gasteiger partial charge in [0.15, 0.2) is 0 Å². The van der Waals surface area contributed by atoms with Gasteiger partial charge in [-0.3, -0.25) is 0 Å². The Balaban J connectivity index is 2.99. The molecule has 0 saturated carbocycles. The Morgan fingerprint density at radius 2 is 1.90 bits per heavy atom. The number of sulfonamides is 1. The molecule has 0 aliphatic carbocycles. The van der Waals surface area contributed by atoms with Crippen molar-refractivity contribution in [2.24, 2.45) is 0 Å². The maximum absolute atomic E-state index is 12.5. The van der Waals surface area contributed by atoms with Crippen LogP contribution in [0.5, 0.6) is 0 Å². The van der Waals surface area contributed by atoms with Crippen molar-refractivity contribution in [3.63, 3.8) is 0 Å². The number of ether oxygens (including phenoxy) is 1. The first-order chi connectivity index (χ1) is 9.16. The van der Waals surface area contributed by atoms with Crippen LogP contribution in [0.1, 0.15) is 25.0 Å². The standard InChI is InChI=1S/C14H24N2O3S/c1-10(2)19-7-6-16(5)20(17,18)14-9-11(3)8-13(15)12(14)4/h8-10H,6-7,15H2,1-5H3. The summed E-state index contributed by atoms with van der Waals surface area (Å²) >= 11 is 0. The van der Waals surface area contributed by atoms with Crippen molar-refractivity contribution < 1.29 is 13.2 Å². The zero-order valence-corrected chi connectivity index (χ0v) is 13.6. The minimum absolute atomic E-state index is 0.0856. The van der Waals surface area contributed by atoms with Gasteiger partial charge < -0.3 is 10.5 Å². The van der Waals surface area contributed by atoms with Crippen LogP contribution in [0.2, 0.25) is 0 Å². The zero-order chi connectivity index (χ0) is 15.5. The molecular weight excluding hydrogens is 276 g/mol.